The van der Waals surface area contributed by atoms with E-state index in [2.05, 4.69) is 10.4 Å². The number of carbonyl (C=O) groups is 1. The standard InChI is InChI=1S/C12H20N4O2/c1-16-8-9(6-15-16)11(13)12(17)14-7-10-4-2-3-5-18-10/h6,8,10-11H,2-5,7,13H2,1H3,(H,14,17). The molecule has 1 aromatic heterocycles. The second kappa shape index (κ2) is 5.97. The van der Waals surface area contributed by atoms with Gasteiger partial charge in [-0.05, 0) is 19.3 Å². The van der Waals surface area contributed by atoms with Crippen molar-refractivity contribution in [3.63, 3.8) is 0 Å². The minimum absolute atomic E-state index is 0.129. The molecule has 0 saturated carbocycles. The van der Waals surface area contributed by atoms with Crippen LogP contribution in [0.25, 0.3) is 0 Å². The van der Waals surface area contributed by atoms with E-state index >= 15 is 0 Å². The van der Waals surface area contributed by atoms with Crippen LogP contribution < -0.4 is 11.1 Å². The third-order valence-electron chi connectivity index (χ3n) is 3.14. The van der Waals surface area contributed by atoms with Crippen LogP contribution in [-0.4, -0.2) is 34.9 Å². The molecule has 0 aromatic carbocycles. The Hall–Kier alpha value is -1.40. The Bertz CT molecular complexity index is 399. The van der Waals surface area contributed by atoms with Gasteiger partial charge in [0, 0.05) is 32.0 Å². The van der Waals surface area contributed by atoms with E-state index in [-0.39, 0.29) is 12.0 Å². The number of aryl methyl sites for hydroxylation is 1. The SMILES string of the molecule is Cn1cc(C(N)C(=O)NCC2CCCCO2)cn1. The van der Waals surface area contributed by atoms with Crippen LogP contribution in [0.2, 0.25) is 0 Å². The maximum atomic E-state index is 11.9. The van der Waals surface area contributed by atoms with Crippen LogP contribution in [0.15, 0.2) is 12.4 Å². The number of aromatic nitrogens is 2. The molecule has 6 heteroatoms. The molecule has 100 valence electrons. The van der Waals surface area contributed by atoms with Gasteiger partial charge < -0.3 is 15.8 Å². The molecule has 6 nitrogen and oxygen atoms in total. The molecular weight excluding hydrogens is 232 g/mol. The fourth-order valence-electron chi connectivity index (χ4n) is 2.04. The molecule has 18 heavy (non-hydrogen) atoms. The Balaban J connectivity index is 1.80. The number of nitrogens with two attached hydrogens (primary N) is 1. The summed E-state index contributed by atoms with van der Waals surface area (Å²) in [6.45, 7) is 1.32. The first kappa shape index (κ1) is 13.0. The number of hydrogen-bond donors (Lipinski definition) is 2. The summed E-state index contributed by atoms with van der Waals surface area (Å²) in [5.74, 6) is -0.183. The molecule has 2 unspecified atom stereocenters. The van der Waals surface area contributed by atoms with E-state index in [1.807, 2.05) is 0 Å². The molecule has 0 bridgehead atoms. The number of nitrogens with zero attached hydrogens (tertiary/aromatic N) is 2. The zero-order valence-corrected chi connectivity index (χ0v) is 10.6. The number of nitrogens with one attached hydrogen (secondary N) is 1. The van der Waals surface area contributed by atoms with E-state index in [4.69, 9.17) is 10.5 Å². The zero-order valence-electron chi connectivity index (χ0n) is 10.6. The van der Waals surface area contributed by atoms with E-state index in [0.717, 1.165) is 31.4 Å². The first-order valence-corrected chi connectivity index (χ1v) is 6.30. The molecule has 2 atom stereocenters. The minimum atomic E-state index is -0.665. The topological polar surface area (TPSA) is 82.2 Å². The van der Waals surface area contributed by atoms with Gasteiger partial charge in [0.25, 0.3) is 0 Å². The highest BCUT2D eigenvalue weighted by Gasteiger charge is 2.19. The van der Waals surface area contributed by atoms with E-state index in [1.165, 1.54) is 0 Å². The average molecular weight is 252 g/mol. The fourth-order valence-corrected chi connectivity index (χ4v) is 2.04. The van der Waals surface area contributed by atoms with Gasteiger partial charge in [-0.15, -0.1) is 0 Å². The summed E-state index contributed by atoms with van der Waals surface area (Å²) in [6, 6.07) is -0.665. The molecule has 3 N–H and O–H groups in total. The van der Waals surface area contributed by atoms with Crippen molar-refractivity contribution in [2.75, 3.05) is 13.2 Å². The van der Waals surface area contributed by atoms with Crippen LogP contribution in [0.5, 0.6) is 0 Å². The molecule has 1 amide bonds. The number of rotatable bonds is 4. The van der Waals surface area contributed by atoms with Crippen LogP contribution in [0, 0.1) is 0 Å². The summed E-state index contributed by atoms with van der Waals surface area (Å²) in [5.41, 5.74) is 6.58. The van der Waals surface area contributed by atoms with Crippen molar-refractivity contribution < 1.29 is 9.53 Å². The summed E-state index contributed by atoms with van der Waals surface area (Å²) >= 11 is 0. The van der Waals surface area contributed by atoms with Crippen molar-refractivity contribution >= 4 is 5.91 Å². The lowest BCUT2D eigenvalue weighted by molar-refractivity contribution is -0.123. The van der Waals surface area contributed by atoms with Crippen molar-refractivity contribution in [2.24, 2.45) is 12.8 Å². The smallest absolute Gasteiger partial charge is 0.241 e. The van der Waals surface area contributed by atoms with Crippen molar-refractivity contribution in [2.45, 2.75) is 31.4 Å². The number of ether oxygens (including phenoxy) is 1. The van der Waals surface area contributed by atoms with Crippen LogP contribution in [-0.2, 0) is 16.6 Å². The number of carbonyl (C=O) groups excluding carboxylic acids is 1. The number of hydrogen-bond acceptors (Lipinski definition) is 4. The monoisotopic (exact) mass is 252 g/mol. The van der Waals surface area contributed by atoms with E-state index in [9.17, 15) is 4.79 Å². The summed E-state index contributed by atoms with van der Waals surface area (Å²) in [4.78, 5) is 11.9. The molecule has 1 aliphatic heterocycles. The van der Waals surface area contributed by atoms with Gasteiger partial charge in [0.1, 0.15) is 6.04 Å². The predicted molar refractivity (Wildman–Crippen MR) is 66.7 cm³/mol. The van der Waals surface area contributed by atoms with E-state index < -0.39 is 6.04 Å². The maximum Gasteiger partial charge on any atom is 0.241 e. The molecule has 0 radical (unpaired) electrons. The molecule has 1 saturated heterocycles. The summed E-state index contributed by atoms with van der Waals surface area (Å²) in [6.07, 6.45) is 6.77. The van der Waals surface area contributed by atoms with E-state index in [1.54, 1.807) is 24.1 Å². The van der Waals surface area contributed by atoms with Crippen LogP contribution in [0.4, 0.5) is 0 Å². The fraction of sp³-hybridized carbons (Fsp3) is 0.667. The minimum Gasteiger partial charge on any atom is -0.376 e. The third-order valence-corrected chi connectivity index (χ3v) is 3.14. The second-order valence-corrected chi connectivity index (χ2v) is 4.66. The Morgan fingerprint density at radius 1 is 1.72 bits per heavy atom. The van der Waals surface area contributed by atoms with Gasteiger partial charge in [-0.1, -0.05) is 0 Å². The average Bonchev–Trinajstić information content (AvgIpc) is 2.83. The lowest BCUT2D eigenvalue weighted by atomic mass is 10.1. The Kier molecular flexibility index (Phi) is 4.33. The van der Waals surface area contributed by atoms with Gasteiger partial charge in [-0.3, -0.25) is 9.48 Å². The zero-order chi connectivity index (χ0) is 13.0. The second-order valence-electron chi connectivity index (χ2n) is 4.66. The van der Waals surface area contributed by atoms with Crippen molar-refractivity contribution in [1.82, 2.24) is 15.1 Å². The first-order valence-electron chi connectivity index (χ1n) is 6.30. The molecule has 0 aliphatic carbocycles. The molecule has 0 spiro atoms. The first-order chi connectivity index (χ1) is 8.66. The van der Waals surface area contributed by atoms with Gasteiger partial charge >= 0.3 is 0 Å². The molecule has 1 fully saturated rings. The van der Waals surface area contributed by atoms with Gasteiger partial charge in [-0.2, -0.15) is 5.10 Å². The maximum absolute atomic E-state index is 11.9. The molecule has 2 heterocycles. The van der Waals surface area contributed by atoms with Gasteiger partial charge in [0.15, 0.2) is 0 Å². The summed E-state index contributed by atoms with van der Waals surface area (Å²) in [7, 11) is 1.80. The normalized spacial score (nSPS) is 21.6. The largest absolute Gasteiger partial charge is 0.376 e. The van der Waals surface area contributed by atoms with Crippen LogP contribution >= 0.6 is 0 Å². The lowest BCUT2D eigenvalue weighted by Gasteiger charge is -2.23. The highest BCUT2D eigenvalue weighted by atomic mass is 16.5. The molecule has 1 aromatic rings. The Morgan fingerprint density at radius 2 is 2.56 bits per heavy atom. The molecule has 2 rings (SSSR count). The van der Waals surface area contributed by atoms with Gasteiger partial charge in [-0.25, -0.2) is 0 Å². The Labute approximate surface area is 106 Å². The predicted octanol–water partition coefficient (Wildman–Crippen LogP) is 0.105. The quantitative estimate of drug-likeness (QED) is 0.796. The van der Waals surface area contributed by atoms with Crippen molar-refractivity contribution in [1.29, 1.82) is 0 Å². The van der Waals surface area contributed by atoms with Crippen molar-refractivity contribution in [3.8, 4) is 0 Å². The Morgan fingerprint density at radius 3 is 3.17 bits per heavy atom. The summed E-state index contributed by atoms with van der Waals surface area (Å²) in [5, 5.41) is 6.84. The highest BCUT2D eigenvalue weighted by Crippen LogP contribution is 2.12. The number of amides is 1. The molecule has 1 aliphatic rings. The molecular formula is C12H20N4O2. The van der Waals surface area contributed by atoms with Gasteiger partial charge in [0.05, 0.1) is 12.3 Å². The summed E-state index contributed by atoms with van der Waals surface area (Å²) < 4.78 is 7.18. The highest BCUT2D eigenvalue weighted by molar-refractivity contribution is 5.82. The van der Waals surface area contributed by atoms with Crippen LogP contribution in [0.1, 0.15) is 30.9 Å². The third kappa shape index (κ3) is 3.30. The van der Waals surface area contributed by atoms with Gasteiger partial charge in [0.2, 0.25) is 5.91 Å². The lowest BCUT2D eigenvalue weighted by Crippen LogP contribution is -2.40. The van der Waals surface area contributed by atoms with Crippen LogP contribution in [0.3, 0.4) is 0 Å². The van der Waals surface area contributed by atoms with Crippen molar-refractivity contribution in [3.05, 3.63) is 18.0 Å². The van der Waals surface area contributed by atoms with E-state index in [0.29, 0.717) is 6.54 Å².